The van der Waals surface area contributed by atoms with Gasteiger partial charge in [0, 0.05) is 45.5 Å². The minimum Gasteiger partial charge on any atom is -0.356 e. The molecule has 0 amide bonds. The second kappa shape index (κ2) is 9.73. The van der Waals surface area contributed by atoms with Gasteiger partial charge in [-0.3, -0.25) is 9.89 Å². The molecule has 0 saturated carbocycles. The van der Waals surface area contributed by atoms with Crippen molar-refractivity contribution >= 4 is 15.8 Å². The molecule has 7 heteroatoms. The molecule has 144 valence electrons. The van der Waals surface area contributed by atoms with Crippen LogP contribution in [-0.4, -0.2) is 64.8 Å². The molecular formula is C19H30N4O2S. The molecule has 1 aliphatic heterocycles. The Bertz CT molecular complexity index is 706. The normalized spacial score (nSPS) is 17.1. The van der Waals surface area contributed by atoms with Gasteiger partial charge in [0.2, 0.25) is 0 Å². The first-order chi connectivity index (χ1) is 12.4. The maximum atomic E-state index is 11.5. The fraction of sp³-hybridized carbons (Fsp3) is 0.526. The van der Waals surface area contributed by atoms with Gasteiger partial charge in [-0.05, 0) is 37.0 Å². The van der Waals surface area contributed by atoms with Crippen molar-refractivity contribution in [1.82, 2.24) is 15.5 Å². The number of piperidine rings is 1. The molecule has 2 rings (SSSR count). The number of aliphatic imine (C=N–C) groups is 1. The Morgan fingerprint density at radius 3 is 2.50 bits per heavy atom. The fourth-order valence-corrected chi connectivity index (χ4v) is 3.69. The lowest BCUT2D eigenvalue weighted by Crippen LogP contribution is -2.49. The highest BCUT2D eigenvalue weighted by Crippen LogP contribution is 2.11. The molecule has 1 aromatic carbocycles. The Balaban J connectivity index is 1.75. The van der Waals surface area contributed by atoms with Crippen LogP contribution >= 0.6 is 0 Å². The molecule has 0 aromatic heterocycles. The van der Waals surface area contributed by atoms with Crippen molar-refractivity contribution < 1.29 is 8.42 Å². The van der Waals surface area contributed by atoms with Gasteiger partial charge >= 0.3 is 0 Å². The Morgan fingerprint density at radius 1 is 1.31 bits per heavy atom. The smallest absolute Gasteiger partial charge is 0.191 e. The Morgan fingerprint density at radius 2 is 1.96 bits per heavy atom. The van der Waals surface area contributed by atoms with Crippen molar-refractivity contribution in [1.29, 1.82) is 0 Å². The van der Waals surface area contributed by atoms with Gasteiger partial charge in [-0.1, -0.05) is 18.2 Å². The molecule has 6 nitrogen and oxygen atoms in total. The lowest BCUT2D eigenvalue weighted by Gasteiger charge is -2.32. The topological polar surface area (TPSA) is 73.8 Å². The van der Waals surface area contributed by atoms with Gasteiger partial charge in [0.25, 0.3) is 0 Å². The first-order valence-electron chi connectivity index (χ1n) is 9.02. The molecule has 1 saturated heterocycles. The van der Waals surface area contributed by atoms with E-state index >= 15 is 0 Å². The molecule has 26 heavy (non-hydrogen) atoms. The molecule has 2 N–H and O–H groups in total. The summed E-state index contributed by atoms with van der Waals surface area (Å²) < 4.78 is 23.0. The summed E-state index contributed by atoms with van der Waals surface area (Å²) in [7, 11) is -1.35. The largest absolute Gasteiger partial charge is 0.356 e. The van der Waals surface area contributed by atoms with E-state index in [9.17, 15) is 8.42 Å². The minimum absolute atomic E-state index is 0.356. The second-order valence-corrected chi connectivity index (χ2v) is 8.69. The van der Waals surface area contributed by atoms with Crippen LogP contribution in [0, 0.1) is 0 Å². The first-order valence-corrected chi connectivity index (χ1v) is 10.9. The van der Waals surface area contributed by atoms with Gasteiger partial charge in [-0.15, -0.1) is 6.58 Å². The molecule has 0 aliphatic carbocycles. The number of hydrogen-bond acceptors (Lipinski definition) is 4. The molecule has 0 spiro atoms. The van der Waals surface area contributed by atoms with Gasteiger partial charge < -0.3 is 10.6 Å². The van der Waals surface area contributed by atoms with Gasteiger partial charge in [-0.2, -0.15) is 0 Å². The first kappa shape index (κ1) is 20.5. The summed E-state index contributed by atoms with van der Waals surface area (Å²) in [6.07, 6.45) is 6.18. The van der Waals surface area contributed by atoms with E-state index in [1.807, 2.05) is 18.2 Å². The number of guanidine groups is 1. The zero-order chi connectivity index (χ0) is 19.0. The van der Waals surface area contributed by atoms with Crippen molar-refractivity contribution in [3.8, 4) is 0 Å². The van der Waals surface area contributed by atoms with Crippen molar-refractivity contribution in [2.24, 2.45) is 4.99 Å². The van der Waals surface area contributed by atoms with Crippen molar-refractivity contribution in [2.45, 2.75) is 30.2 Å². The van der Waals surface area contributed by atoms with E-state index in [1.54, 1.807) is 19.2 Å². The van der Waals surface area contributed by atoms with E-state index in [4.69, 9.17) is 0 Å². The summed E-state index contributed by atoms with van der Waals surface area (Å²) in [5.74, 6) is 0.819. The number of sulfone groups is 1. The van der Waals surface area contributed by atoms with E-state index in [0.29, 0.717) is 10.9 Å². The third-order valence-corrected chi connectivity index (χ3v) is 5.73. The van der Waals surface area contributed by atoms with Crippen LogP contribution in [0.25, 0.3) is 0 Å². The van der Waals surface area contributed by atoms with E-state index in [2.05, 4.69) is 27.1 Å². The molecule has 0 radical (unpaired) electrons. The Kier molecular flexibility index (Phi) is 7.66. The molecule has 1 heterocycles. The van der Waals surface area contributed by atoms with Crippen molar-refractivity contribution in [3.05, 3.63) is 42.5 Å². The molecular weight excluding hydrogens is 348 g/mol. The van der Waals surface area contributed by atoms with Crippen LogP contribution in [0.5, 0.6) is 0 Å². The maximum Gasteiger partial charge on any atom is 0.191 e. The average Bonchev–Trinajstić information content (AvgIpc) is 2.62. The number of rotatable bonds is 7. The van der Waals surface area contributed by atoms with Crippen LogP contribution in [0.2, 0.25) is 0 Å². The van der Waals surface area contributed by atoms with Crippen LogP contribution in [0.1, 0.15) is 18.4 Å². The SMILES string of the molecule is C=CCN1CCC(NC(=NC)NCCc2ccc(S(C)(=O)=O)cc2)CC1. The highest BCUT2D eigenvalue weighted by Gasteiger charge is 2.18. The van der Waals surface area contributed by atoms with Gasteiger partial charge in [0.1, 0.15) is 0 Å². The molecule has 1 aromatic rings. The summed E-state index contributed by atoms with van der Waals surface area (Å²) in [5.41, 5.74) is 1.10. The zero-order valence-corrected chi connectivity index (χ0v) is 16.6. The van der Waals surface area contributed by atoms with Crippen molar-refractivity contribution in [2.75, 3.05) is 39.5 Å². The molecule has 0 unspecified atom stereocenters. The van der Waals surface area contributed by atoms with Crippen molar-refractivity contribution in [3.63, 3.8) is 0 Å². The number of benzene rings is 1. The summed E-state index contributed by atoms with van der Waals surface area (Å²) in [6, 6.07) is 7.49. The van der Waals surface area contributed by atoms with Crippen LogP contribution in [0.4, 0.5) is 0 Å². The average molecular weight is 379 g/mol. The summed E-state index contributed by atoms with van der Waals surface area (Å²) in [4.78, 5) is 7.06. The number of hydrogen-bond donors (Lipinski definition) is 2. The highest BCUT2D eigenvalue weighted by atomic mass is 32.2. The van der Waals surface area contributed by atoms with Gasteiger partial charge in [-0.25, -0.2) is 8.42 Å². The fourth-order valence-electron chi connectivity index (χ4n) is 3.06. The van der Waals surface area contributed by atoms with Crippen LogP contribution < -0.4 is 10.6 Å². The van der Waals surface area contributed by atoms with E-state index in [0.717, 1.165) is 57.0 Å². The molecule has 0 bridgehead atoms. The van der Waals surface area contributed by atoms with Gasteiger partial charge in [0.15, 0.2) is 15.8 Å². The predicted octanol–water partition coefficient (Wildman–Crippen LogP) is 1.45. The number of nitrogens with one attached hydrogen (secondary N) is 2. The number of likely N-dealkylation sites (tertiary alicyclic amines) is 1. The third-order valence-electron chi connectivity index (χ3n) is 4.60. The van der Waals surface area contributed by atoms with Crippen LogP contribution in [0.15, 0.2) is 46.8 Å². The predicted molar refractivity (Wildman–Crippen MR) is 107 cm³/mol. The second-order valence-electron chi connectivity index (χ2n) is 6.67. The lowest BCUT2D eigenvalue weighted by atomic mass is 10.1. The monoisotopic (exact) mass is 378 g/mol. The van der Waals surface area contributed by atoms with Gasteiger partial charge in [0.05, 0.1) is 4.90 Å². The quantitative estimate of drug-likeness (QED) is 0.427. The summed E-state index contributed by atoms with van der Waals surface area (Å²) >= 11 is 0. The van der Waals surface area contributed by atoms with Crippen LogP contribution in [-0.2, 0) is 16.3 Å². The molecule has 1 aliphatic rings. The standard InChI is InChI=1S/C19H30N4O2S/c1-4-13-23-14-10-17(11-15-23)22-19(20-2)21-12-9-16-5-7-18(8-6-16)26(3,24)25/h4-8,17H,1,9-15H2,2-3H3,(H2,20,21,22). The third kappa shape index (κ3) is 6.46. The summed E-state index contributed by atoms with van der Waals surface area (Å²) in [6.45, 7) is 7.65. The zero-order valence-electron chi connectivity index (χ0n) is 15.7. The molecule has 1 fully saturated rings. The van der Waals surface area contributed by atoms with E-state index in [-0.39, 0.29) is 0 Å². The van der Waals surface area contributed by atoms with E-state index < -0.39 is 9.84 Å². The maximum absolute atomic E-state index is 11.5. The Hall–Kier alpha value is -1.86. The minimum atomic E-state index is -3.14. The highest BCUT2D eigenvalue weighted by molar-refractivity contribution is 7.90. The number of nitrogens with zero attached hydrogens (tertiary/aromatic N) is 2. The lowest BCUT2D eigenvalue weighted by molar-refractivity contribution is 0.225. The summed E-state index contributed by atoms with van der Waals surface area (Å²) in [5, 5.41) is 6.83. The molecule has 0 atom stereocenters. The van der Waals surface area contributed by atoms with Crippen LogP contribution in [0.3, 0.4) is 0 Å². The van der Waals surface area contributed by atoms with E-state index in [1.165, 1.54) is 6.26 Å². The Labute approximate surface area is 157 Å².